The van der Waals surface area contributed by atoms with E-state index >= 15 is 0 Å². The lowest BCUT2D eigenvalue weighted by Gasteiger charge is -2.35. The van der Waals surface area contributed by atoms with Crippen molar-refractivity contribution >= 4 is 16.1 Å². The number of nitrogens with one attached hydrogen (secondary N) is 2. The molecule has 1 aliphatic rings. The van der Waals surface area contributed by atoms with Crippen LogP contribution in [0.15, 0.2) is 29.2 Å². The minimum absolute atomic E-state index is 0.0742. The molecule has 1 saturated heterocycles. The number of ether oxygens (including phenoxy) is 1. The highest BCUT2D eigenvalue weighted by Crippen LogP contribution is 2.13. The zero-order valence-corrected chi connectivity index (χ0v) is 16.5. The number of rotatable bonds is 7. The Kier molecular flexibility index (Phi) is 7.43. The van der Waals surface area contributed by atoms with Crippen molar-refractivity contribution in [3.8, 4) is 0 Å². The number of morpholine rings is 1. The van der Waals surface area contributed by atoms with Gasteiger partial charge in [0.1, 0.15) is 0 Å². The summed E-state index contributed by atoms with van der Waals surface area (Å²) in [7, 11) is -3.87. The lowest BCUT2D eigenvalue weighted by atomic mass is 10.0. The molecule has 0 saturated carbocycles. The van der Waals surface area contributed by atoms with E-state index in [-0.39, 0.29) is 10.9 Å². The van der Waals surface area contributed by atoms with Crippen LogP contribution in [0.4, 0.5) is 4.79 Å². The Morgan fingerprint density at radius 2 is 1.81 bits per heavy atom. The standard InChI is InChI=1S/C18H29N3O4S/c1-14(2)12-16(21-8-10-25-11-9-21)13-19-18(22)20-26(23,24)17-6-4-15(3)5-7-17/h4-7,14,16H,8-13H2,1-3H3,(H2,19,20,22). The van der Waals surface area contributed by atoms with Crippen molar-refractivity contribution in [1.29, 1.82) is 0 Å². The summed E-state index contributed by atoms with van der Waals surface area (Å²) in [5.74, 6) is 0.476. The van der Waals surface area contributed by atoms with Crippen LogP contribution in [0.3, 0.4) is 0 Å². The molecule has 2 rings (SSSR count). The molecular weight excluding hydrogens is 354 g/mol. The Bertz CT molecular complexity index is 683. The quantitative estimate of drug-likeness (QED) is 0.749. The van der Waals surface area contributed by atoms with Gasteiger partial charge in [-0.2, -0.15) is 0 Å². The number of nitrogens with zero attached hydrogens (tertiary/aromatic N) is 1. The van der Waals surface area contributed by atoms with Crippen LogP contribution in [0.5, 0.6) is 0 Å². The molecule has 2 N–H and O–H groups in total. The molecule has 8 heteroatoms. The van der Waals surface area contributed by atoms with E-state index in [1.165, 1.54) is 12.1 Å². The van der Waals surface area contributed by atoms with Crippen LogP contribution >= 0.6 is 0 Å². The van der Waals surface area contributed by atoms with Gasteiger partial charge in [0.25, 0.3) is 10.0 Å². The predicted molar refractivity (Wildman–Crippen MR) is 101 cm³/mol. The summed E-state index contributed by atoms with van der Waals surface area (Å²) in [6.45, 7) is 9.55. The van der Waals surface area contributed by atoms with Crippen molar-refractivity contribution in [2.24, 2.45) is 5.92 Å². The molecule has 1 fully saturated rings. The highest BCUT2D eigenvalue weighted by molar-refractivity contribution is 7.90. The summed E-state index contributed by atoms with van der Waals surface area (Å²) in [5, 5.41) is 2.71. The smallest absolute Gasteiger partial charge is 0.328 e. The van der Waals surface area contributed by atoms with Crippen molar-refractivity contribution in [3.63, 3.8) is 0 Å². The molecule has 1 unspecified atom stereocenters. The zero-order chi connectivity index (χ0) is 19.2. The summed E-state index contributed by atoms with van der Waals surface area (Å²) >= 11 is 0. The fourth-order valence-electron chi connectivity index (χ4n) is 2.99. The van der Waals surface area contributed by atoms with Gasteiger partial charge < -0.3 is 10.1 Å². The monoisotopic (exact) mass is 383 g/mol. The number of carbonyl (C=O) groups is 1. The summed E-state index contributed by atoms with van der Waals surface area (Å²) in [6, 6.07) is 5.83. The van der Waals surface area contributed by atoms with Crippen molar-refractivity contribution in [1.82, 2.24) is 14.9 Å². The normalized spacial score (nSPS) is 17.1. The topological polar surface area (TPSA) is 87.7 Å². The number of aryl methyl sites for hydroxylation is 1. The third-order valence-corrected chi connectivity index (χ3v) is 5.71. The molecule has 2 amide bonds. The SMILES string of the molecule is Cc1ccc(S(=O)(=O)NC(=O)NCC(CC(C)C)N2CCOCC2)cc1. The van der Waals surface area contributed by atoms with E-state index in [2.05, 4.69) is 28.8 Å². The van der Waals surface area contributed by atoms with E-state index in [0.717, 1.165) is 25.1 Å². The molecule has 7 nitrogen and oxygen atoms in total. The third-order valence-electron chi connectivity index (χ3n) is 4.36. The maximum absolute atomic E-state index is 12.3. The van der Waals surface area contributed by atoms with Crippen LogP contribution in [0, 0.1) is 12.8 Å². The largest absolute Gasteiger partial charge is 0.379 e. The average molecular weight is 384 g/mol. The minimum Gasteiger partial charge on any atom is -0.379 e. The van der Waals surface area contributed by atoms with Gasteiger partial charge in [-0.1, -0.05) is 31.5 Å². The Labute approximate surface area is 156 Å². The Balaban J connectivity index is 1.93. The van der Waals surface area contributed by atoms with Crippen LogP contribution in [0.25, 0.3) is 0 Å². The van der Waals surface area contributed by atoms with Crippen LogP contribution in [-0.4, -0.2) is 58.2 Å². The molecule has 0 aliphatic carbocycles. The molecule has 0 spiro atoms. The Morgan fingerprint density at radius 1 is 1.19 bits per heavy atom. The van der Waals surface area contributed by atoms with Crippen molar-refractivity contribution < 1.29 is 17.9 Å². The second-order valence-electron chi connectivity index (χ2n) is 7.06. The lowest BCUT2D eigenvalue weighted by Crippen LogP contribution is -2.51. The van der Waals surface area contributed by atoms with Crippen LogP contribution in [0.2, 0.25) is 0 Å². The van der Waals surface area contributed by atoms with Crippen LogP contribution < -0.4 is 10.0 Å². The van der Waals surface area contributed by atoms with E-state index in [9.17, 15) is 13.2 Å². The molecule has 0 radical (unpaired) electrons. The summed E-state index contributed by atoms with van der Waals surface area (Å²) in [6.07, 6.45) is 0.922. The Hall–Kier alpha value is -1.64. The fourth-order valence-corrected chi connectivity index (χ4v) is 3.92. The van der Waals surface area contributed by atoms with Crippen LogP contribution in [-0.2, 0) is 14.8 Å². The highest BCUT2D eigenvalue weighted by Gasteiger charge is 2.23. The number of carbonyl (C=O) groups excluding carboxylic acids is 1. The Morgan fingerprint density at radius 3 is 2.38 bits per heavy atom. The first-order valence-corrected chi connectivity index (χ1v) is 10.5. The van der Waals surface area contributed by atoms with Crippen LogP contribution in [0.1, 0.15) is 25.8 Å². The minimum atomic E-state index is -3.87. The number of amides is 2. The maximum Gasteiger partial charge on any atom is 0.328 e. The first-order chi connectivity index (χ1) is 12.3. The molecule has 1 heterocycles. The molecule has 146 valence electrons. The molecular formula is C18H29N3O4S. The summed E-state index contributed by atoms with van der Waals surface area (Å²) < 4.78 is 32.0. The number of hydrogen-bond acceptors (Lipinski definition) is 5. The van der Waals surface area contributed by atoms with Crippen molar-refractivity contribution in [2.45, 2.75) is 38.1 Å². The van der Waals surface area contributed by atoms with Gasteiger partial charge in [-0.25, -0.2) is 17.9 Å². The molecule has 0 aromatic heterocycles. The second-order valence-corrected chi connectivity index (χ2v) is 8.74. The molecule has 1 aliphatic heterocycles. The van der Waals surface area contributed by atoms with E-state index in [1.807, 2.05) is 6.92 Å². The average Bonchev–Trinajstić information content (AvgIpc) is 2.59. The van der Waals surface area contributed by atoms with Gasteiger partial charge in [0.05, 0.1) is 18.1 Å². The summed E-state index contributed by atoms with van der Waals surface area (Å²) in [5.41, 5.74) is 0.954. The number of sulfonamides is 1. The van der Waals surface area contributed by atoms with Gasteiger partial charge >= 0.3 is 6.03 Å². The first-order valence-electron chi connectivity index (χ1n) is 8.97. The first kappa shape index (κ1) is 20.7. The maximum atomic E-state index is 12.3. The summed E-state index contributed by atoms with van der Waals surface area (Å²) in [4.78, 5) is 14.5. The van der Waals surface area contributed by atoms with E-state index < -0.39 is 16.1 Å². The van der Waals surface area contributed by atoms with E-state index in [4.69, 9.17) is 4.74 Å². The number of benzene rings is 1. The second kappa shape index (κ2) is 9.34. The molecule has 0 bridgehead atoms. The number of hydrogen-bond donors (Lipinski definition) is 2. The molecule has 1 atom stereocenters. The van der Waals surface area contributed by atoms with E-state index in [1.54, 1.807) is 12.1 Å². The van der Waals surface area contributed by atoms with Crippen molar-refractivity contribution in [3.05, 3.63) is 29.8 Å². The van der Waals surface area contributed by atoms with Gasteiger partial charge in [-0.3, -0.25) is 4.90 Å². The van der Waals surface area contributed by atoms with Crippen molar-refractivity contribution in [2.75, 3.05) is 32.8 Å². The lowest BCUT2D eigenvalue weighted by molar-refractivity contribution is 0.0130. The van der Waals surface area contributed by atoms with Gasteiger partial charge in [0.2, 0.25) is 0 Å². The van der Waals surface area contributed by atoms with Gasteiger partial charge in [-0.05, 0) is 31.4 Å². The third kappa shape index (κ3) is 6.26. The molecule has 1 aromatic carbocycles. The zero-order valence-electron chi connectivity index (χ0n) is 15.7. The molecule has 26 heavy (non-hydrogen) atoms. The highest BCUT2D eigenvalue weighted by atomic mass is 32.2. The van der Waals surface area contributed by atoms with Gasteiger partial charge in [0.15, 0.2) is 0 Å². The van der Waals surface area contributed by atoms with Gasteiger partial charge in [-0.15, -0.1) is 0 Å². The van der Waals surface area contributed by atoms with E-state index in [0.29, 0.717) is 25.7 Å². The predicted octanol–water partition coefficient (Wildman–Crippen LogP) is 1.73. The van der Waals surface area contributed by atoms with Gasteiger partial charge in [0, 0.05) is 25.7 Å². The fraction of sp³-hybridized carbons (Fsp3) is 0.611. The number of urea groups is 1. The molecule has 1 aromatic rings.